The number of nitrogens with two attached hydrogens (primary N) is 1. The maximum atomic E-state index is 12.4. The summed E-state index contributed by atoms with van der Waals surface area (Å²) in [5.41, 5.74) is 6.72. The Morgan fingerprint density at radius 3 is 2.78 bits per heavy atom. The van der Waals surface area contributed by atoms with Crippen LogP contribution in [0.4, 0.5) is 4.79 Å². The first kappa shape index (κ1) is 17.8. The van der Waals surface area contributed by atoms with E-state index in [4.69, 9.17) is 10.5 Å². The molecule has 0 aromatic heterocycles. The molecule has 1 aromatic rings. The Bertz CT molecular complexity index is 478. The Morgan fingerprint density at radius 1 is 1.39 bits per heavy atom. The monoisotopic (exact) mass is 319 g/mol. The summed E-state index contributed by atoms with van der Waals surface area (Å²) in [5.74, 6) is 0. The third kappa shape index (κ3) is 5.22. The minimum absolute atomic E-state index is 0.201. The van der Waals surface area contributed by atoms with Crippen LogP contribution in [-0.2, 0) is 11.3 Å². The van der Waals surface area contributed by atoms with Gasteiger partial charge >= 0.3 is 6.09 Å². The molecule has 1 aromatic carbocycles. The number of amides is 1. The van der Waals surface area contributed by atoms with Crippen molar-refractivity contribution in [3.63, 3.8) is 0 Å². The van der Waals surface area contributed by atoms with Crippen LogP contribution in [0, 0.1) is 0 Å². The number of nitrogens with zero attached hydrogens (tertiary/aromatic N) is 2. The SMILES string of the molecule is CC(C)N(CCN)C[C@@H]1CCCN1C(=O)OCc1ccccc1. The van der Waals surface area contributed by atoms with Gasteiger partial charge in [-0.25, -0.2) is 4.79 Å². The van der Waals surface area contributed by atoms with Crippen LogP contribution in [0.1, 0.15) is 32.3 Å². The molecule has 128 valence electrons. The van der Waals surface area contributed by atoms with E-state index in [1.165, 1.54) is 0 Å². The van der Waals surface area contributed by atoms with E-state index in [0.717, 1.165) is 38.0 Å². The van der Waals surface area contributed by atoms with Crippen LogP contribution in [-0.4, -0.2) is 54.2 Å². The molecule has 1 saturated heterocycles. The first-order valence-electron chi connectivity index (χ1n) is 8.53. The fraction of sp³-hybridized carbons (Fsp3) is 0.611. The van der Waals surface area contributed by atoms with E-state index in [-0.39, 0.29) is 12.1 Å². The molecule has 1 amide bonds. The molecule has 0 radical (unpaired) electrons. The number of benzene rings is 1. The lowest BCUT2D eigenvalue weighted by molar-refractivity contribution is 0.0807. The van der Waals surface area contributed by atoms with Gasteiger partial charge in [-0.1, -0.05) is 30.3 Å². The molecule has 2 rings (SSSR count). The third-order valence-electron chi connectivity index (χ3n) is 4.41. The van der Waals surface area contributed by atoms with Crippen molar-refractivity contribution in [2.45, 2.75) is 45.4 Å². The summed E-state index contributed by atoms with van der Waals surface area (Å²) >= 11 is 0. The number of likely N-dealkylation sites (tertiary alicyclic amines) is 1. The number of hydrogen-bond donors (Lipinski definition) is 1. The summed E-state index contributed by atoms with van der Waals surface area (Å²) in [4.78, 5) is 16.6. The highest BCUT2D eigenvalue weighted by atomic mass is 16.6. The number of carbonyl (C=O) groups excluding carboxylic acids is 1. The normalized spacial score (nSPS) is 18.0. The van der Waals surface area contributed by atoms with Gasteiger partial charge in [0, 0.05) is 38.3 Å². The lowest BCUT2D eigenvalue weighted by Gasteiger charge is -2.32. The van der Waals surface area contributed by atoms with Crippen molar-refractivity contribution in [2.24, 2.45) is 5.73 Å². The molecular formula is C18H29N3O2. The van der Waals surface area contributed by atoms with Gasteiger partial charge in [0.25, 0.3) is 0 Å². The average Bonchev–Trinajstić information content (AvgIpc) is 3.01. The Balaban J connectivity index is 1.88. The Morgan fingerprint density at radius 2 is 2.13 bits per heavy atom. The van der Waals surface area contributed by atoms with Crippen LogP contribution in [0.15, 0.2) is 30.3 Å². The summed E-state index contributed by atoms with van der Waals surface area (Å²) in [6.45, 7) is 7.83. The number of rotatable bonds is 7. The molecule has 0 bridgehead atoms. The largest absolute Gasteiger partial charge is 0.445 e. The maximum Gasteiger partial charge on any atom is 0.410 e. The van der Waals surface area contributed by atoms with Gasteiger partial charge < -0.3 is 15.4 Å². The van der Waals surface area contributed by atoms with Crippen LogP contribution < -0.4 is 5.73 Å². The minimum Gasteiger partial charge on any atom is -0.445 e. The molecule has 5 heteroatoms. The summed E-state index contributed by atoms with van der Waals surface area (Å²) in [6, 6.07) is 10.5. The van der Waals surface area contributed by atoms with Crippen molar-refractivity contribution in [1.82, 2.24) is 9.80 Å². The van der Waals surface area contributed by atoms with Gasteiger partial charge in [-0.2, -0.15) is 0 Å². The zero-order valence-corrected chi connectivity index (χ0v) is 14.3. The van der Waals surface area contributed by atoms with E-state index in [9.17, 15) is 4.79 Å². The first-order chi connectivity index (χ1) is 11.1. The second kappa shape index (κ2) is 8.89. The van der Waals surface area contributed by atoms with Gasteiger partial charge in [0.1, 0.15) is 6.61 Å². The summed E-state index contributed by atoms with van der Waals surface area (Å²) in [5, 5.41) is 0. The molecule has 0 spiro atoms. The predicted molar refractivity (Wildman–Crippen MR) is 92.1 cm³/mol. The van der Waals surface area contributed by atoms with Crippen LogP contribution in [0.2, 0.25) is 0 Å². The molecule has 0 aliphatic carbocycles. The van der Waals surface area contributed by atoms with E-state index in [0.29, 0.717) is 19.2 Å². The maximum absolute atomic E-state index is 12.4. The number of ether oxygens (including phenoxy) is 1. The molecule has 23 heavy (non-hydrogen) atoms. The smallest absolute Gasteiger partial charge is 0.410 e. The Kier molecular flexibility index (Phi) is 6.86. The van der Waals surface area contributed by atoms with Crippen LogP contribution >= 0.6 is 0 Å². The molecule has 1 atom stereocenters. The van der Waals surface area contributed by atoms with Crippen molar-refractivity contribution in [2.75, 3.05) is 26.2 Å². The quantitative estimate of drug-likeness (QED) is 0.839. The van der Waals surface area contributed by atoms with Gasteiger partial charge in [0.2, 0.25) is 0 Å². The molecular weight excluding hydrogens is 290 g/mol. The molecule has 0 unspecified atom stereocenters. The second-order valence-corrected chi connectivity index (χ2v) is 6.41. The molecule has 1 heterocycles. The van der Waals surface area contributed by atoms with Crippen molar-refractivity contribution < 1.29 is 9.53 Å². The molecule has 0 saturated carbocycles. The highest BCUT2D eigenvalue weighted by Crippen LogP contribution is 2.20. The molecule has 1 aliphatic heterocycles. The molecule has 2 N–H and O–H groups in total. The topological polar surface area (TPSA) is 58.8 Å². The second-order valence-electron chi connectivity index (χ2n) is 6.41. The van der Waals surface area contributed by atoms with Crippen molar-refractivity contribution >= 4 is 6.09 Å². The average molecular weight is 319 g/mol. The standard InChI is InChI=1S/C18H29N3O2/c1-15(2)20(12-10-19)13-17-9-6-11-21(17)18(22)23-14-16-7-4-3-5-8-16/h3-5,7-8,15,17H,6,9-14,19H2,1-2H3/t17-/m0/s1. The fourth-order valence-corrected chi connectivity index (χ4v) is 3.06. The van der Waals surface area contributed by atoms with Gasteiger partial charge in [0.05, 0.1) is 0 Å². The lowest BCUT2D eigenvalue weighted by Crippen LogP contribution is -2.46. The molecule has 5 nitrogen and oxygen atoms in total. The lowest BCUT2D eigenvalue weighted by atomic mass is 10.2. The minimum atomic E-state index is -0.201. The van der Waals surface area contributed by atoms with E-state index >= 15 is 0 Å². The van der Waals surface area contributed by atoms with Crippen LogP contribution in [0.25, 0.3) is 0 Å². The van der Waals surface area contributed by atoms with E-state index < -0.39 is 0 Å². The van der Waals surface area contributed by atoms with Gasteiger partial charge in [-0.05, 0) is 32.3 Å². The molecule has 1 fully saturated rings. The summed E-state index contributed by atoms with van der Waals surface area (Å²) < 4.78 is 5.49. The highest BCUT2D eigenvalue weighted by Gasteiger charge is 2.31. The Hall–Kier alpha value is -1.59. The van der Waals surface area contributed by atoms with E-state index in [2.05, 4.69) is 18.7 Å². The predicted octanol–water partition coefficient (Wildman–Crippen LogP) is 2.46. The van der Waals surface area contributed by atoms with E-state index in [1.54, 1.807) is 0 Å². The van der Waals surface area contributed by atoms with Crippen molar-refractivity contribution in [3.8, 4) is 0 Å². The van der Waals surface area contributed by atoms with Crippen molar-refractivity contribution in [3.05, 3.63) is 35.9 Å². The fourth-order valence-electron chi connectivity index (χ4n) is 3.06. The van der Waals surface area contributed by atoms with Gasteiger partial charge in [0.15, 0.2) is 0 Å². The molecule has 1 aliphatic rings. The van der Waals surface area contributed by atoms with Gasteiger partial charge in [-0.15, -0.1) is 0 Å². The summed E-state index contributed by atoms with van der Waals surface area (Å²) in [7, 11) is 0. The highest BCUT2D eigenvalue weighted by molar-refractivity contribution is 5.68. The van der Waals surface area contributed by atoms with Crippen molar-refractivity contribution in [1.29, 1.82) is 0 Å². The number of carbonyl (C=O) groups is 1. The summed E-state index contributed by atoms with van der Waals surface area (Å²) in [6.07, 6.45) is 1.88. The van der Waals surface area contributed by atoms with Gasteiger partial charge in [-0.3, -0.25) is 4.90 Å². The van der Waals surface area contributed by atoms with Crippen LogP contribution in [0.5, 0.6) is 0 Å². The van der Waals surface area contributed by atoms with Crippen LogP contribution in [0.3, 0.4) is 0 Å². The van der Waals surface area contributed by atoms with E-state index in [1.807, 2.05) is 35.2 Å². The zero-order valence-electron chi connectivity index (χ0n) is 14.3. The zero-order chi connectivity index (χ0) is 16.7. The Labute approximate surface area is 139 Å². The first-order valence-corrected chi connectivity index (χ1v) is 8.53. The number of hydrogen-bond acceptors (Lipinski definition) is 4. The third-order valence-corrected chi connectivity index (χ3v) is 4.41.